The average molecular weight is 278 g/mol. The maximum atomic E-state index is 5.95. The summed E-state index contributed by atoms with van der Waals surface area (Å²) in [5.74, 6) is 0. The quantitative estimate of drug-likeness (QED) is 0.881. The molecule has 1 unspecified atom stereocenters. The fourth-order valence-electron chi connectivity index (χ4n) is 2.23. The van der Waals surface area contributed by atoms with Gasteiger partial charge >= 0.3 is 0 Å². The molecule has 3 nitrogen and oxygen atoms in total. The van der Waals surface area contributed by atoms with Crippen LogP contribution in [-0.4, -0.2) is 9.78 Å². The molecule has 0 radical (unpaired) electrons. The Morgan fingerprint density at radius 1 is 1.32 bits per heavy atom. The second-order valence-electron chi connectivity index (χ2n) is 4.84. The van der Waals surface area contributed by atoms with E-state index in [1.807, 2.05) is 37.0 Å². The molecular weight excluding hydrogens is 258 g/mol. The van der Waals surface area contributed by atoms with Crippen LogP contribution in [0.2, 0.25) is 5.02 Å². The number of hydrogen-bond acceptors (Lipinski definition) is 2. The zero-order valence-corrected chi connectivity index (χ0v) is 12.4. The van der Waals surface area contributed by atoms with Crippen molar-refractivity contribution in [2.45, 2.75) is 32.7 Å². The van der Waals surface area contributed by atoms with Crippen molar-refractivity contribution in [2.75, 3.05) is 5.32 Å². The molecule has 19 heavy (non-hydrogen) atoms. The van der Waals surface area contributed by atoms with Crippen molar-refractivity contribution in [3.63, 3.8) is 0 Å². The maximum Gasteiger partial charge on any atom is 0.0825 e. The maximum absolute atomic E-state index is 5.95. The van der Waals surface area contributed by atoms with Gasteiger partial charge in [0.05, 0.1) is 17.4 Å². The number of nitrogens with one attached hydrogen (secondary N) is 1. The van der Waals surface area contributed by atoms with Crippen molar-refractivity contribution in [3.8, 4) is 0 Å². The van der Waals surface area contributed by atoms with Crippen LogP contribution in [0.1, 0.15) is 37.1 Å². The highest BCUT2D eigenvalue weighted by molar-refractivity contribution is 6.30. The van der Waals surface area contributed by atoms with Crippen LogP contribution in [0.4, 0.5) is 5.69 Å². The van der Waals surface area contributed by atoms with E-state index >= 15 is 0 Å². The Hall–Kier alpha value is -1.48. The standard InChI is InChI=1S/C15H20ClN3/c1-4-5-14(12-6-8-13(16)9-7-12)17-15-10-19(3)18-11(15)2/h6-10,14,17H,4-5H2,1-3H3. The van der Waals surface area contributed by atoms with Gasteiger partial charge in [0, 0.05) is 18.3 Å². The highest BCUT2D eigenvalue weighted by Gasteiger charge is 2.13. The molecule has 0 fully saturated rings. The second kappa shape index (κ2) is 6.11. The van der Waals surface area contributed by atoms with Crippen LogP contribution in [0.3, 0.4) is 0 Å². The van der Waals surface area contributed by atoms with Gasteiger partial charge in [-0.1, -0.05) is 37.1 Å². The number of aromatic nitrogens is 2. The summed E-state index contributed by atoms with van der Waals surface area (Å²) in [6.07, 6.45) is 4.23. The fourth-order valence-corrected chi connectivity index (χ4v) is 2.36. The molecule has 0 spiro atoms. The smallest absolute Gasteiger partial charge is 0.0825 e. The predicted molar refractivity (Wildman–Crippen MR) is 80.7 cm³/mol. The number of aryl methyl sites for hydroxylation is 2. The summed E-state index contributed by atoms with van der Waals surface area (Å²) in [5, 5.41) is 8.72. The Bertz CT molecular complexity index is 531. The van der Waals surface area contributed by atoms with Gasteiger partial charge in [0.1, 0.15) is 0 Å². The minimum atomic E-state index is 0.296. The van der Waals surface area contributed by atoms with Gasteiger partial charge in [-0.25, -0.2) is 0 Å². The van der Waals surface area contributed by atoms with E-state index in [2.05, 4.69) is 29.5 Å². The number of anilines is 1. The lowest BCUT2D eigenvalue weighted by molar-refractivity contribution is 0.677. The summed E-state index contributed by atoms with van der Waals surface area (Å²) in [6.45, 7) is 4.22. The van der Waals surface area contributed by atoms with E-state index in [9.17, 15) is 0 Å². The van der Waals surface area contributed by atoms with Gasteiger partial charge in [-0.2, -0.15) is 5.10 Å². The zero-order chi connectivity index (χ0) is 13.8. The molecule has 0 saturated carbocycles. The third-order valence-electron chi connectivity index (χ3n) is 3.19. The van der Waals surface area contributed by atoms with E-state index in [4.69, 9.17) is 11.6 Å². The second-order valence-corrected chi connectivity index (χ2v) is 5.28. The molecule has 2 rings (SSSR count). The first-order valence-corrected chi connectivity index (χ1v) is 7.00. The van der Waals surface area contributed by atoms with Crippen LogP contribution < -0.4 is 5.32 Å². The number of halogens is 1. The molecule has 4 heteroatoms. The monoisotopic (exact) mass is 277 g/mol. The van der Waals surface area contributed by atoms with Gasteiger partial charge in [-0.3, -0.25) is 4.68 Å². The first-order valence-electron chi connectivity index (χ1n) is 6.62. The van der Waals surface area contributed by atoms with E-state index in [1.54, 1.807) is 0 Å². The van der Waals surface area contributed by atoms with Crippen LogP contribution in [0.25, 0.3) is 0 Å². The molecule has 0 bridgehead atoms. The average Bonchev–Trinajstić information content (AvgIpc) is 2.68. The highest BCUT2D eigenvalue weighted by Crippen LogP contribution is 2.26. The zero-order valence-electron chi connectivity index (χ0n) is 11.7. The molecule has 0 aliphatic carbocycles. The molecule has 1 atom stereocenters. The Labute approximate surface area is 119 Å². The van der Waals surface area contributed by atoms with Crippen molar-refractivity contribution < 1.29 is 0 Å². The summed E-state index contributed by atoms with van der Waals surface area (Å²) < 4.78 is 1.84. The van der Waals surface area contributed by atoms with Crippen LogP contribution >= 0.6 is 11.6 Å². The Kier molecular flexibility index (Phi) is 4.48. The molecule has 102 valence electrons. The van der Waals surface area contributed by atoms with E-state index in [0.717, 1.165) is 29.2 Å². The molecule has 0 amide bonds. The molecule has 1 N–H and O–H groups in total. The first kappa shape index (κ1) is 13.9. The third-order valence-corrected chi connectivity index (χ3v) is 3.44. The molecule has 0 saturated heterocycles. The topological polar surface area (TPSA) is 29.9 Å². The molecular formula is C15H20ClN3. The predicted octanol–water partition coefficient (Wildman–Crippen LogP) is 4.34. The largest absolute Gasteiger partial charge is 0.375 e. The summed E-state index contributed by atoms with van der Waals surface area (Å²) >= 11 is 5.95. The van der Waals surface area contributed by atoms with Gasteiger partial charge < -0.3 is 5.32 Å². The SMILES string of the molecule is CCCC(Nc1cn(C)nc1C)c1ccc(Cl)cc1. The fraction of sp³-hybridized carbons (Fsp3) is 0.400. The Balaban J connectivity index is 2.20. The molecule has 1 aromatic carbocycles. The van der Waals surface area contributed by atoms with Crippen LogP contribution in [0.5, 0.6) is 0 Å². The van der Waals surface area contributed by atoms with Crippen LogP contribution in [0.15, 0.2) is 30.5 Å². The van der Waals surface area contributed by atoms with Crippen molar-refractivity contribution in [1.29, 1.82) is 0 Å². The number of hydrogen-bond donors (Lipinski definition) is 1. The van der Waals surface area contributed by atoms with Gasteiger partial charge in [-0.05, 0) is 31.0 Å². The molecule has 1 aromatic heterocycles. The lowest BCUT2D eigenvalue weighted by atomic mass is 10.0. The van der Waals surface area contributed by atoms with E-state index < -0.39 is 0 Å². The van der Waals surface area contributed by atoms with Crippen molar-refractivity contribution in [3.05, 3.63) is 46.7 Å². The van der Waals surface area contributed by atoms with Crippen molar-refractivity contribution in [2.24, 2.45) is 7.05 Å². The van der Waals surface area contributed by atoms with Crippen LogP contribution in [0, 0.1) is 6.92 Å². The van der Waals surface area contributed by atoms with Gasteiger partial charge in [-0.15, -0.1) is 0 Å². The van der Waals surface area contributed by atoms with Crippen LogP contribution in [-0.2, 0) is 7.05 Å². The number of rotatable bonds is 5. The normalized spacial score (nSPS) is 12.4. The summed E-state index contributed by atoms with van der Waals surface area (Å²) in [5.41, 5.74) is 3.38. The summed E-state index contributed by atoms with van der Waals surface area (Å²) in [6, 6.07) is 8.35. The lowest BCUT2D eigenvalue weighted by Gasteiger charge is -2.19. The van der Waals surface area contributed by atoms with Gasteiger partial charge in [0.2, 0.25) is 0 Å². The van der Waals surface area contributed by atoms with Crippen molar-refractivity contribution in [1.82, 2.24) is 9.78 Å². The van der Waals surface area contributed by atoms with Gasteiger partial charge in [0.25, 0.3) is 0 Å². The molecule has 0 aliphatic heterocycles. The minimum absolute atomic E-state index is 0.296. The molecule has 1 heterocycles. The van der Waals surface area contributed by atoms with E-state index in [-0.39, 0.29) is 0 Å². The van der Waals surface area contributed by atoms with Crippen molar-refractivity contribution >= 4 is 17.3 Å². The van der Waals surface area contributed by atoms with E-state index in [0.29, 0.717) is 6.04 Å². The highest BCUT2D eigenvalue weighted by atomic mass is 35.5. The molecule has 0 aliphatic rings. The lowest BCUT2D eigenvalue weighted by Crippen LogP contribution is -2.10. The van der Waals surface area contributed by atoms with Gasteiger partial charge in [0.15, 0.2) is 0 Å². The summed E-state index contributed by atoms with van der Waals surface area (Å²) in [4.78, 5) is 0. The number of nitrogens with zero attached hydrogens (tertiary/aromatic N) is 2. The minimum Gasteiger partial charge on any atom is -0.375 e. The Morgan fingerprint density at radius 2 is 2.00 bits per heavy atom. The molecule has 2 aromatic rings. The summed E-state index contributed by atoms with van der Waals surface area (Å²) in [7, 11) is 1.94. The third kappa shape index (κ3) is 3.51. The Morgan fingerprint density at radius 3 is 2.53 bits per heavy atom. The first-order chi connectivity index (χ1) is 9.10. The number of benzene rings is 1. The van der Waals surface area contributed by atoms with E-state index in [1.165, 1.54) is 5.56 Å².